The Labute approximate surface area is 136 Å². The van der Waals surface area contributed by atoms with Gasteiger partial charge in [-0.15, -0.1) is 0 Å². The van der Waals surface area contributed by atoms with Gasteiger partial charge in [0.2, 0.25) is 0 Å². The molecule has 0 unspecified atom stereocenters. The monoisotopic (exact) mass is 323 g/mol. The zero-order valence-electron chi connectivity index (χ0n) is 12.0. The maximum absolute atomic E-state index is 12.1. The Balaban J connectivity index is 1.75. The molecule has 3 aromatic rings. The maximum atomic E-state index is 12.1. The number of hydrogen-bond acceptors (Lipinski definition) is 4. The molecule has 1 aromatic heterocycles. The van der Waals surface area contributed by atoms with E-state index in [0.29, 0.717) is 10.7 Å². The average molecular weight is 323 g/mol. The van der Waals surface area contributed by atoms with Gasteiger partial charge in [0.1, 0.15) is 5.69 Å². The Morgan fingerprint density at radius 1 is 1.00 bits per heavy atom. The summed E-state index contributed by atoms with van der Waals surface area (Å²) in [7, 11) is 0. The Kier molecular flexibility index (Phi) is 4.54. The van der Waals surface area contributed by atoms with E-state index < -0.39 is 0 Å². The topological polar surface area (TPSA) is 74.8 Å². The summed E-state index contributed by atoms with van der Waals surface area (Å²) in [6.07, 6.45) is 1.37. The van der Waals surface area contributed by atoms with Crippen molar-refractivity contribution in [3.8, 4) is 0 Å². The lowest BCUT2D eigenvalue weighted by molar-refractivity contribution is 0.102. The van der Waals surface area contributed by atoms with Gasteiger partial charge in [-0.05, 0) is 24.3 Å². The van der Waals surface area contributed by atoms with Crippen molar-refractivity contribution in [1.29, 1.82) is 0 Å². The van der Waals surface area contributed by atoms with Crippen LogP contribution in [0.25, 0.3) is 0 Å². The van der Waals surface area contributed by atoms with Crippen LogP contribution in [0.3, 0.4) is 0 Å². The number of benzene rings is 2. The van der Waals surface area contributed by atoms with E-state index in [1.54, 1.807) is 24.3 Å². The fourth-order valence-corrected chi connectivity index (χ4v) is 2.67. The summed E-state index contributed by atoms with van der Waals surface area (Å²) in [5.41, 5.74) is 0.216. The summed E-state index contributed by atoms with van der Waals surface area (Å²) in [5, 5.41) is 3.03. The number of carbonyl (C=O) groups excluding carboxylic acids is 1. The van der Waals surface area contributed by atoms with Gasteiger partial charge < -0.3 is 5.32 Å². The van der Waals surface area contributed by atoms with Crippen molar-refractivity contribution in [2.24, 2.45) is 0 Å². The normalized spacial score (nSPS) is 10.3. The number of aromatic nitrogens is 2. The number of carbonyl (C=O) groups is 1. The van der Waals surface area contributed by atoms with Crippen LogP contribution in [0.1, 0.15) is 10.4 Å². The first kappa shape index (κ1) is 15.1. The smallest absolute Gasteiger partial charge is 0.275 e. The van der Waals surface area contributed by atoms with E-state index >= 15 is 0 Å². The molecule has 2 N–H and O–H groups in total. The van der Waals surface area contributed by atoms with Crippen molar-refractivity contribution >= 4 is 23.4 Å². The Hall–Kier alpha value is -2.86. The zero-order valence-corrected chi connectivity index (χ0v) is 12.8. The third kappa shape index (κ3) is 3.87. The van der Waals surface area contributed by atoms with Gasteiger partial charge in [0, 0.05) is 10.5 Å². The van der Waals surface area contributed by atoms with Gasteiger partial charge in [-0.2, -0.15) is 0 Å². The van der Waals surface area contributed by atoms with Gasteiger partial charge in [0.15, 0.2) is 5.16 Å². The van der Waals surface area contributed by atoms with Crippen LogP contribution in [0.5, 0.6) is 0 Å². The highest BCUT2D eigenvalue weighted by Crippen LogP contribution is 2.23. The van der Waals surface area contributed by atoms with E-state index in [1.165, 1.54) is 18.0 Å². The molecular formula is C17H13N3O2S. The molecular weight excluding hydrogens is 310 g/mol. The van der Waals surface area contributed by atoms with E-state index in [9.17, 15) is 9.59 Å². The molecule has 23 heavy (non-hydrogen) atoms. The number of amides is 1. The lowest BCUT2D eigenvalue weighted by atomic mass is 10.2. The summed E-state index contributed by atoms with van der Waals surface area (Å²) in [5.74, 6) is -0.346. The second-order valence-electron chi connectivity index (χ2n) is 4.67. The summed E-state index contributed by atoms with van der Waals surface area (Å²) in [4.78, 5) is 31.9. The first-order valence-electron chi connectivity index (χ1n) is 6.91. The van der Waals surface area contributed by atoms with Crippen LogP contribution in [-0.4, -0.2) is 15.9 Å². The summed E-state index contributed by atoms with van der Waals surface area (Å²) >= 11 is 1.35. The standard InChI is InChI=1S/C17H13N3O2S/c21-15(12-7-3-1-4-8-12)19-14-11-18-17(20-16(14)22)23-13-9-5-2-6-10-13/h1-11H,(H,19,21)(H,18,20,22). The molecule has 0 saturated heterocycles. The van der Waals surface area contributed by atoms with Gasteiger partial charge in [-0.1, -0.05) is 48.2 Å². The van der Waals surface area contributed by atoms with Crippen LogP contribution in [0.4, 0.5) is 5.69 Å². The van der Waals surface area contributed by atoms with Crippen LogP contribution in [0.15, 0.2) is 81.7 Å². The molecule has 0 saturated carbocycles. The van der Waals surface area contributed by atoms with E-state index in [0.717, 1.165) is 4.90 Å². The first-order valence-corrected chi connectivity index (χ1v) is 7.72. The molecule has 0 atom stereocenters. The summed E-state index contributed by atoms with van der Waals surface area (Å²) in [6.45, 7) is 0. The van der Waals surface area contributed by atoms with Crippen molar-refractivity contribution in [1.82, 2.24) is 9.97 Å². The number of aromatic amines is 1. The van der Waals surface area contributed by atoms with Crippen LogP contribution >= 0.6 is 11.8 Å². The van der Waals surface area contributed by atoms with Gasteiger partial charge in [0.05, 0.1) is 6.20 Å². The van der Waals surface area contributed by atoms with E-state index in [2.05, 4.69) is 15.3 Å². The minimum absolute atomic E-state index is 0.122. The summed E-state index contributed by atoms with van der Waals surface area (Å²) in [6, 6.07) is 18.3. The number of rotatable bonds is 4. The minimum Gasteiger partial charge on any atom is -0.316 e. The fraction of sp³-hybridized carbons (Fsp3) is 0. The second-order valence-corrected chi connectivity index (χ2v) is 5.73. The average Bonchev–Trinajstić information content (AvgIpc) is 2.59. The molecule has 5 nitrogen and oxygen atoms in total. The largest absolute Gasteiger partial charge is 0.316 e. The fourth-order valence-electron chi connectivity index (χ4n) is 1.90. The first-order chi connectivity index (χ1) is 11.2. The highest BCUT2D eigenvalue weighted by Gasteiger charge is 2.09. The van der Waals surface area contributed by atoms with Crippen molar-refractivity contribution in [3.05, 3.63) is 82.8 Å². The molecule has 0 aliphatic carbocycles. The van der Waals surface area contributed by atoms with Crippen molar-refractivity contribution < 1.29 is 4.79 Å². The van der Waals surface area contributed by atoms with Crippen LogP contribution < -0.4 is 10.9 Å². The van der Waals surface area contributed by atoms with Gasteiger partial charge in [-0.3, -0.25) is 14.6 Å². The molecule has 0 fully saturated rings. The molecule has 6 heteroatoms. The molecule has 0 aliphatic heterocycles. The third-order valence-corrected chi connectivity index (χ3v) is 3.93. The number of hydrogen-bond donors (Lipinski definition) is 2. The minimum atomic E-state index is -0.386. The van der Waals surface area contributed by atoms with Crippen molar-refractivity contribution in [3.63, 3.8) is 0 Å². The SMILES string of the molecule is O=C(Nc1cnc(Sc2ccccc2)[nH]c1=O)c1ccccc1. The van der Waals surface area contributed by atoms with E-state index in [4.69, 9.17) is 0 Å². The van der Waals surface area contributed by atoms with Gasteiger partial charge >= 0.3 is 0 Å². The molecule has 114 valence electrons. The van der Waals surface area contributed by atoms with Crippen molar-refractivity contribution in [2.45, 2.75) is 10.1 Å². The number of nitrogens with one attached hydrogen (secondary N) is 2. The van der Waals surface area contributed by atoms with Crippen LogP contribution in [0.2, 0.25) is 0 Å². The van der Waals surface area contributed by atoms with Gasteiger partial charge in [0.25, 0.3) is 11.5 Å². The van der Waals surface area contributed by atoms with Gasteiger partial charge in [-0.25, -0.2) is 4.98 Å². The molecule has 0 spiro atoms. The Morgan fingerprint density at radius 2 is 1.65 bits per heavy atom. The number of nitrogens with zero attached hydrogens (tertiary/aromatic N) is 1. The second kappa shape index (κ2) is 6.93. The maximum Gasteiger partial charge on any atom is 0.275 e. The lowest BCUT2D eigenvalue weighted by Gasteiger charge is -2.05. The predicted octanol–water partition coefficient (Wildman–Crippen LogP) is 3.17. The highest BCUT2D eigenvalue weighted by atomic mass is 32.2. The highest BCUT2D eigenvalue weighted by molar-refractivity contribution is 7.99. The Morgan fingerprint density at radius 3 is 2.30 bits per heavy atom. The molecule has 0 aliphatic rings. The van der Waals surface area contributed by atoms with Crippen LogP contribution in [0, 0.1) is 0 Å². The third-order valence-electron chi connectivity index (χ3n) is 3.02. The van der Waals surface area contributed by atoms with E-state index in [-0.39, 0.29) is 17.2 Å². The van der Waals surface area contributed by atoms with E-state index in [1.807, 2.05) is 36.4 Å². The zero-order chi connectivity index (χ0) is 16.1. The Bertz CT molecular complexity index is 864. The van der Waals surface area contributed by atoms with Crippen molar-refractivity contribution in [2.75, 3.05) is 5.32 Å². The lowest BCUT2D eigenvalue weighted by Crippen LogP contribution is -2.20. The summed E-state index contributed by atoms with van der Waals surface area (Å²) < 4.78 is 0. The quantitative estimate of drug-likeness (QED) is 0.723. The molecule has 1 heterocycles. The molecule has 0 bridgehead atoms. The predicted molar refractivity (Wildman–Crippen MR) is 89.8 cm³/mol. The molecule has 3 rings (SSSR count). The number of anilines is 1. The van der Waals surface area contributed by atoms with Crippen LogP contribution in [-0.2, 0) is 0 Å². The molecule has 0 radical (unpaired) electrons. The molecule has 2 aromatic carbocycles. The number of H-pyrrole nitrogens is 1. The molecule has 1 amide bonds.